The fourth-order valence-electron chi connectivity index (χ4n) is 3.94. The molecule has 3 rings (SSSR count). The first kappa shape index (κ1) is 16.3. The van der Waals surface area contributed by atoms with Gasteiger partial charge in [-0.2, -0.15) is 9.97 Å². The van der Waals surface area contributed by atoms with Crippen LogP contribution in [0.5, 0.6) is 11.8 Å². The molecule has 7 heteroatoms. The van der Waals surface area contributed by atoms with Crippen molar-refractivity contribution in [1.29, 1.82) is 0 Å². The number of aliphatic hydroxyl groups excluding tert-OH is 1. The summed E-state index contributed by atoms with van der Waals surface area (Å²) in [4.78, 5) is 13.5. The number of piperidine rings is 2. The van der Waals surface area contributed by atoms with Gasteiger partial charge in [-0.05, 0) is 32.9 Å². The Bertz CT molecular complexity index is 534. The molecule has 0 aromatic carbocycles. The van der Waals surface area contributed by atoms with E-state index >= 15 is 0 Å². The van der Waals surface area contributed by atoms with Crippen molar-refractivity contribution in [2.45, 2.75) is 25.3 Å². The van der Waals surface area contributed by atoms with Crippen LogP contribution in [0.15, 0.2) is 6.07 Å². The van der Waals surface area contributed by atoms with E-state index in [4.69, 9.17) is 9.47 Å². The van der Waals surface area contributed by atoms with Crippen molar-refractivity contribution in [3.8, 4) is 11.8 Å². The lowest BCUT2D eigenvalue weighted by Gasteiger charge is -2.53. The van der Waals surface area contributed by atoms with E-state index in [9.17, 15) is 5.11 Å². The first-order chi connectivity index (χ1) is 11.1. The van der Waals surface area contributed by atoms with Gasteiger partial charge in [-0.15, -0.1) is 0 Å². The highest BCUT2D eigenvalue weighted by molar-refractivity contribution is 5.38. The van der Waals surface area contributed by atoms with Crippen LogP contribution >= 0.6 is 0 Å². The number of aromatic nitrogens is 2. The van der Waals surface area contributed by atoms with Crippen molar-refractivity contribution in [3.05, 3.63) is 6.07 Å². The minimum absolute atomic E-state index is 0.00640. The molecule has 2 fully saturated rings. The number of hydrogen-bond acceptors (Lipinski definition) is 7. The van der Waals surface area contributed by atoms with Gasteiger partial charge >= 0.3 is 0 Å². The molecule has 7 nitrogen and oxygen atoms in total. The lowest BCUT2D eigenvalue weighted by Crippen LogP contribution is -2.61. The number of hydrogen-bond donors (Lipinski definition) is 1. The van der Waals surface area contributed by atoms with Crippen LogP contribution in [0.1, 0.15) is 19.3 Å². The predicted molar refractivity (Wildman–Crippen MR) is 87.1 cm³/mol. The molecule has 2 aliphatic rings. The van der Waals surface area contributed by atoms with Gasteiger partial charge in [-0.25, -0.2) is 0 Å². The second kappa shape index (κ2) is 6.49. The monoisotopic (exact) mass is 322 g/mol. The minimum Gasteiger partial charge on any atom is -0.481 e. The Kier molecular flexibility index (Phi) is 4.59. The van der Waals surface area contributed by atoms with Gasteiger partial charge in [-0.3, -0.25) is 0 Å². The van der Waals surface area contributed by atoms with E-state index in [2.05, 4.69) is 26.8 Å². The summed E-state index contributed by atoms with van der Waals surface area (Å²) in [5.74, 6) is 1.64. The number of anilines is 1. The number of nitrogens with zero attached hydrogens (tertiary/aromatic N) is 4. The highest BCUT2D eigenvalue weighted by atomic mass is 16.5. The summed E-state index contributed by atoms with van der Waals surface area (Å²) < 4.78 is 10.5. The zero-order valence-electron chi connectivity index (χ0n) is 14.2. The number of likely N-dealkylation sites (tertiary alicyclic amines) is 1. The van der Waals surface area contributed by atoms with Crippen LogP contribution in [0, 0.1) is 5.41 Å². The van der Waals surface area contributed by atoms with E-state index in [0.29, 0.717) is 23.8 Å². The predicted octanol–water partition coefficient (Wildman–Crippen LogP) is 0.777. The largest absolute Gasteiger partial charge is 0.481 e. The molecule has 3 heterocycles. The number of aliphatic hydroxyl groups is 1. The fourth-order valence-corrected chi connectivity index (χ4v) is 3.94. The summed E-state index contributed by atoms with van der Waals surface area (Å²) in [6.45, 7) is 2.97. The molecule has 1 aromatic rings. The van der Waals surface area contributed by atoms with E-state index in [1.807, 2.05) is 0 Å². The van der Waals surface area contributed by atoms with E-state index < -0.39 is 0 Å². The number of ether oxygens (including phenoxy) is 2. The van der Waals surface area contributed by atoms with Gasteiger partial charge in [0.25, 0.3) is 0 Å². The summed E-state index contributed by atoms with van der Waals surface area (Å²) in [7, 11) is 5.33. The Labute approximate surface area is 137 Å². The molecular weight excluding hydrogens is 296 g/mol. The maximum absolute atomic E-state index is 10.00. The van der Waals surface area contributed by atoms with Gasteiger partial charge in [0.15, 0.2) is 0 Å². The van der Waals surface area contributed by atoms with Crippen LogP contribution in [-0.2, 0) is 0 Å². The SMILES string of the molecule is COc1cc(OC)nc(N2CC[C@@]3(CO)CCCN(C)[C@@H]3C2)n1. The molecule has 0 bridgehead atoms. The molecule has 1 aromatic heterocycles. The van der Waals surface area contributed by atoms with Crippen LogP contribution in [-0.4, -0.2) is 73.5 Å². The number of fused-ring (bicyclic) bond motifs is 1. The summed E-state index contributed by atoms with van der Waals surface area (Å²) in [5, 5.41) is 10.00. The molecule has 2 aliphatic heterocycles. The summed E-state index contributed by atoms with van der Waals surface area (Å²) in [5.41, 5.74) is 0.00640. The normalized spacial score (nSPS) is 28.3. The van der Waals surface area contributed by atoms with E-state index in [1.165, 1.54) is 0 Å². The first-order valence-electron chi connectivity index (χ1n) is 8.15. The average molecular weight is 322 g/mol. The molecule has 2 atom stereocenters. The Balaban J connectivity index is 1.86. The second-order valence-electron chi connectivity index (χ2n) is 6.57. The van der Waals surface area contributed by atoms with Gasteiger partial charge in [-0.1, -0.05) is 0 Å². The zero-order valence-corrected chi connectivity index (χ0v) is 14.2. The summed E-state index contributed by atoms with van der Waals surface area (Å²) >= 11 is 0. The number of rotatable bonds is 4. The average Bonchev–Trinajstić information content (AvgIpc) is 2.61. The number of likely N-dealkylation sites (N-methyl/N-ethyl adjacent to an activating group) is 1. The van der Waals surface area contributed by atoms with Crippen molar-refractivity contribution < 1.29 is 14.6 Å². The van der Waals surface area contributed by atoms with Crippen LogP contribution in [0.2, 0.25) is 0 Å². The van der Waals surface area contributed by atoms with Crippen molar-refractivity contribution in [2.24, 2.45) is 5.41 Å². The first-order valence-corrected chi connectivity index (χ1v) is 8.15. The molecule has 0 saturated carbocycles. The van der Waals surface area contributed by atoms with Crippen molar-refractivity contribution in [3.63, 3.8) is 0 Å². The highest BCUT2D eigenvalue weighted by Gasteiger charge is 2.46. The lowest BCUT2D eigenvalue weighted by atomic mass is 9.69. The standard InChI is InChI=1S/C16H26N4O3/c1-19-7-4-5-16(11-21)6-8-20(10-12(16)19)15-17-13(22-2)9-14(18-15)23-3/h9,12,21H,4-8,10-11H2,1-3H3/t12-,16-/m1/s1. The summed E-state index contributed by atoms with van der Waals surface area (Å²) in [6, 6.07) is 1.99. The molecule has 0 unspecified atom stereocenters. The minimum atomic E-state index is 0.00640. The smallest absolute Gasteiger partial charge is 0.232 e. The quantitative estimate of drug-likeness (QED) is 0.878. The third kappa shape index (κ3) is 2.95. The van der Waals surface area contributed by atoms with E-state index in [1.54, 1.807) is 20.3 Å². The highest BCUT2D eigenvalue weighted by Crippen LogP contribution is 2.42. The van der Waals surface area contributed by atoms with E-state index in [0.717, 1.165) is 38.9 Å². The van der Waals surface area contributed by atoms with Gasteiger partial charge in [0.2, 0.25) is 17.7 Å². The fraction of sp³-hybridized carbons (Fsp3) is 0.750. The Hall–Kier alpha value is -1.60. The van der Waals surface area contributed by atoms with Crippen molar-refractivity contribution >= 4 is 5.95 Å². The molecule has 1 N–H and O–H groups in total. The van der Waals surface area contributed by atoms with Crippen LogP contribution < -0.4 is 14.4 Å². The van der Waals surface area contributed by atoms with Crippen molar-refractivity contribution in [2.75, 3.05) is 52.4 Å². The summed E-state index contributed by atoms with van der Waals surface area (Å²) in [6.07, 6.45) is 3.19. The maximum Gasteiger partial charge on any atom is 0.232 e. The Morgan fingerprint density at radius 3 is 2.52 bits per heavy atom. The van der Waals surface area contributed by atoms with Gasteiger partial charge in [0.05, 0.1) is 26.9 Å². The van der Waals surface area contributed by atoms with Gasteiger partial charge in [0.1, 0.15) is 0 Å². The van der Waals surface area contributed by atoms with Gasteiger partial charge < -0.3 is 24.4 Å². The third-order valence-corrected chi connectivity index (χ3v) is 5.38. The lowest BCUT2D eigenvalue weighted by molar-refractivity contribution is -0.0279. The molecule has 2 saturated heterocycles. The van der Waals surface area contributed by atoms with E-state index in [-0.39, 0.29) is 12.0 Å². The topological polar surface area (TPSA) is 71.0 Å². The second-order valence-corrected chi connectivity index (χ2v) is 6.57. The molecule has 23 heavy (non-hydrogen) atoms. The van der Waals surface area contributed by atoms with Crippen LogP contribution in [0.4, 0.5) is 5.95 Å². The zero-order chi connectivity index (χ0) is 16.4. The molecule has 0 radical (unpaired) electrons. The molecule has 0 spiro atoms. The molecular formula is C16H26N4O3. The molecule has 0 amide bonds. The third-order valence-electron chi connectivity index (χ3n) is 5.38. The molecule has 128 valence electrons. The van der Waals surface area contributed by atoms with Crippen LogP contribution in [0.3, 0.4) is 0 Å². The Morgan fingerprint density at radius 2 is 1.91 bits per heavy atom. The van der Waals surface area contributed by atoms with Gasteiger partial charge in [0, 0.05) is 24.5 Å². The van der Waals surface area contributed by atoms with Crippen molar-refractivity contribution in [1.82, 2.24) is 14.9 Å². The maximum atomic E-state index is 10.00. The van der Waals surface area contributed by atoms with Crippen LogP contribution in [0.25, 0.3) is 0 Å². The molecule has 0 aliphatic carbocycles. The Morgan fingerprint density at radius 1 is 1.22 bits per heavy atom. The number of methoxy groups -OCH3 is 2.